The quantitative estimate of drug-likeness (QED) is 0.383. The average molecular weight is 207 g/mol. The molecule has 2 N–H and O–H groups in total. The van der Waals surface area contributed by atoms with E-state index in [9.17, 15) is 10.1 Å². The molecule has 0 amide bonds. The predicted octanol–water partition coefficient (Wildman–Crippen LogP) is 0.248. The molecule has 0 heterocycles. The largest absolute Gasteiger partial charge is 0.303 e. The van der Waals surface area contributed by atoms with Gasteiger partial charge in [0, 0.05) is 0 Å². The Morgan fingerprint density at radius 1 is 1.54 bits per heavy atom. The molecule has 0 spiro atoms. The van der Waals surface area contributed by atoms with Gasteiger partial charge >= 0.3 is 0 Å². The van der Waals surface area contributed by atoms with Gasteiger partial charge in [0.15, 0.2) is 5.03 Å². The van der Waals surface area contributed by atoms with Gasteiger partial charge in [0.05, 0.1) is 20.8 Å². The first kappa shape index (κ1) is 12.3. The molecule has 0 saturated heterocycles. The van der Waals surface area contributed by atoms with E-state index in [2.05, 4.69) is 24.5 Å². The first-order valence-electron chi connectivity index (χ1n) is 4.08. The van der Waals surface area contributed by atoms with Crippen LogP contribution in [0.3, 0.4) is 0 Å². The van der Waals surface area contributed by atoms with Crippen LogP contribution in [-0.4, -0.2) is 37.4 Å². The Bertz CT molecular complexity index is 171. The summed E-state index contributed by atoms with van der Waals surface area (Å²) in [5.41, 5.74) is 0. The number of nitrogens with two attached hydrogens (primary N) is 1. The van der Waals surface area contributed by atoms with Gasteiger partial charge in [-0.15, -0.1) is 5.01 Å². The molecule has 0 aromatic heterocycles. The molecule has 0 aliphatic carbocycles. The Morgan fingerprint density at radius 3 is 2.38 bits per heavy atom. The van der Waals surface area contributed by atoms with Crippen molar-refractivity contribution in [1.29, 1.82) is 0 Å². The number of hydrogen-bond acceptors (Lipinski definition) is 4. The molecular weight excluding hydrogens is 190 g/mol. The highest BCUT2D eigenvalue weighted by Gasteiger charge is 2.24. The van der Waals surface area contributed by atoms with Crippen molar-refractivity contribution in [3.63, 3.8) is 0 Å². The highest BCUT2D eigenvalue weighted by atomic mass is 28.3. The maximum Gasteiger partial charge on any atom is 0.159 e. The highest BCUT2D eigenvalue weighted by molar-refractivity contribution is 6.76. The Labute approximate surface area is 78.7 Å². The summed E-state index contributed by atoms with van der Waals surface area (Å²) in [4.78, 5) is 14.8. The summed E-state index contributed by atoms with van der Waals surface area (Å²) in [6.45, 7) is 6.66. The molecule has 13 heavy (non-hydrogen) atoms. The highest BCUT2D eigenvalue weighted by Crippen LogP contribution is 2.03. The number of nitro groups is 1. The SMILES string of the molecule is C[Si](C)(C)CN(CCON)[N+](=O)[O-]. The molecule has 0 fully saturated rings. The summed E-state index contributed by atoms with van der Waals surface area (Å²) >= 11 is 0. The van der Waals surface area contributed by atoms with Crippen molar-refractivity contribution in [2.24, 2.45) is 5.90 Å². The van der Waals surface area contributed by atoms with Crippen molar-refractivity contribution < 1.29 is 9.87 Å². The molecule has 0 aliphatic rings. The fourth-order valence-corrected chi connectivity index (χ4v) is 2.29. The maximum absolute atomic E-state index is 10.5. The van der Waals surface area contributed by atoms with Gasteiger partial charge in [-0.05, 0) is 0 Å². The zero-order chi connectivity index (χ0) is 10.5. The van der Waals surface area contributed by atoms with Crippen molar-refractivity contribution in [3.8, 4) is 0 Å². The van der Waals surface area contributed by atoms with Gasteiger partial charge in [-0.2, -0.15) is 0 Å². The third kappa shape index (κ3) is 6.49. The third-order valence-corrected chi connectivity index (χ3v) is 2.67. The molecule has 0 atom stereocenters. The van der Waals surface area contributed by atoms with Gasteiger partial charge < -0.3 is 4.84 Å². The molecule has 6 nitrogen and oxygen atoms in total. The van der Waals surface area contributed by atoms with E-state index >= 15 is 0 Å². The van der Waals surface area contributed by atoms with E-state index in [4.69, 9.17) is 5.90 Å². The summed E-state index contributed by atoms with van der Waals surface area (Å²) in [5, 5.41) is 11.3. The molecule has 0 bridgehead atoms. The molecule has 0 rings (SSSR count). The first-order chi connectivity index (χ1) is 5.87. The topological polar surface area (TPSA) is 81.6 Å². The second-order valence-corrected chi connectivity index (χ2v) is 9.50. The zero-order valence-corrected chi connectivity index (χ0v) is 9.32. The van der Waals surface area contributed by atoms with Gasteiger partial charge in [-0.25, -0.2) is 16.0 Å². The van der Waals surface area contributed by atoms with Crippen LogP contribution >= 0.6 is 0 Å². The average Bonchev–Trinajstić information content (AvgIpc) is 1.95. The molecule has 0 radical (unpaired) electrons. The van der Waals surface area contributed by atoms with Crippen LogP contribution in [-0.2, 0) is 4.84 Å². The zero-order valence-electron chi connectivity index (χ0n) is 8.32. The molecule has 0 aliphatic heterocycles. The minimum Gasteiger partial charge on any atom is -0.303 e. The Hall–Kier alpha value is -0.663. The number of hydrogen-bond donors (Lipinski definition) is 1. The Balaban J connectivity index is 4.03. The van der Waals surface area contributed by atoms with E-state index in [1.165, 1.54) is 5.01 Å². The van der Waals surface area contributed by atoms with Crippen molar-refractivity contribution in [2.45, 2.75) is 19.6 Å². The predicted molar refractivity (Wildman–Crippen MR) is 52.1 cm³/mol. The summed E-state index contributed by atoms with van der Waals surface area (Å²) in [5.74, 6) is 4.80. The number of rotatable bonds is 6. The van der Waals surface area contributed by atoms with E-state index in [0.717, 1.165) is 0 Å². The van der Waals surface area contributed by atoms with Crippen molar-refractivity contribution >= 4 is 8.07 Å². The summed E-state index contributed by atoms with van der Waals surface area (Å²) in [7, 11) is -1.45. The van der Waals surface area contributed by atoms with Crippen LogP contribution in [0.1, 0.15) is 0 Å². The van der Waals surface area contributed by atoms with Crippen molar-refractivity contribution in [1.82, 2.24) is 5.01 Å². The van der Waals surface area contributed by atoms with Crippen LogP contribution in [0.5, 0.6) is 0 Å². The number of hydrazine groups is 1. The maximum atomic E-state index is 10.5. The minimum atomic E-state index is -1.45. The lowest BCUT2D eigenvalue weighted by molar-refractivity contribution is -0.652. The van der Waals surface area contributed by atoms with Gasteiger partial charge in [0.2, 0.25) is 0 Å². The molecule has 0 aromatic rings. The summed E-state index contributed by atoms with van der Waals surface area (Å²) in [6.07, 6.45) is 0.517. The molecule has 0 aromatic carbocycles. The van der Waals surface area contributed by atoms with Gasteiger partial charge in [-0.3, -0.25) is 0 Å². The van der Waals surface area contributed by atoms with Gasteiger partial charge in [0.25, 0.3) is 0 Å². The first-order valence-corrected chi connectivity index (χ1v) is 7.78. The molecule has 0 unspecified atom stereocenters. The van der Waals surface area contributed by atoms with Crippen LogP contribution in [0.15, 0.2) is 0 Å². The lowest BCUT2D eigenvalue weighted by atomic mass is 10.7. The lowest BCUT2D eigenvalue weighted by Crippen LogP contribution is -2.44. The summed E-state index contributed by atoms with van der Waals surface area (Å²) in [6, 6.07) is 0. The Kier molecular flexibility index (Phi) is 4.89. The van der Waals surface area contributed by atoms with Crippen LogP contribution in [0.25, 0.3) is 0 Å². The van der Waals surface area contributed by atoms with Gasteiger partial charge in [0.1, 0.15) is 6.54 Å². The van der Waals surface area contributed by atoms with Crippen LogP contribution in [0, 0.1) is 10.1 Å². The second kappa shape index (κ2) is 5.15. The fraction of sp³-hybridized carbons (Fsp3) is 1.00. The van der Waals surface area contributed by atoms with E-state index in [-0.39, 0.29) is 13.2 Å². The standard InChI is InChI=1S/C6H17N3O3Si/c1-13(2,3)6-8(9(10)11)4-5-12-7/h4-7H2,1-3H3. The molecule has 78 valence electrons. The van der Waals surface area contributed by atoms with Crippen LogP contribution < -0.4 is 5.90 Å². The Morgan fingerprint density at radius 2 is 2.08 bits per heavy atom. The summed E-state index contributed by atoms with van der Waals surface area (Å²) < 4.78 is 0. The third-order valence-electron chi connectivity index (χ3n) is 1.36. The normalized spacial score (nSPS) is 11.4. The smallest absolute Gasteiger partial charge is 0.159 e. The lowest BCUT2D eigenvalue weighted by Gasteiger charge is -2.21. The monoisotopic (exact) mass is 207 g/mol. The molecule has 7 heteroatoms. The minimum absolute atomic E-state index is 0.186. The van der Waals surface area contributed by atoms with E-state index in [1.807, 2.05) is 0 Å². The van der Waals surface area contributed by atoms with Crippen LogP contribution in [0.2, 0.25) is 19.6 Å². The van der Waals surface area contributed by atoms with Crippen molar-refractivity contribution in [2.75, 3.05) is 19.3 Å². The second-order valence-electron chi connectivity index (χ2n) is 4.06. The van der Waals surface area contributed by atoms with Crippen LogP contribution in [0.4, 0.5) is 0 Å². The van der Waals surface area contributed by atoms with Crippen molar-refractivity contribution in [3.05, 3.63) is 10.1 Å². The van der Waals surface area contributed by atoms with E-state index < -0.39 is 13.1 Å². The number of nitrogens with zero attached hydrogens (tertiary/aromatic N) is 2. The molecule has 0 saturated carbocycles. The fourth-order valence-electron chi connectivity index (χ4n) is 0.924. The van der Waals surface area contributed by atoms with Gasteiger partial charge in [-0.1, -0.05) is 19.6 Å². The van der Waals surface area contributed by atoms with E-state index in [1.54, 1.807) is 0 Å². The molecular formula is C6H17N3O3Si. The van der Waals surface area contributed by atoms with E-state index in [0.29, 0.717) is 6.17 Å².